The van der Waals surface area contributed by atoms with Gasteiger partial charge in [-0.15, -0.1) is 0 Å². The summed E-state index contributed by atoms with van der Waals surface area (Å²) in [5.74, 6) is -1.29. The molecule has 35 heavy (non-hydrogen) atoms. The van der Waals surface area contributed by atoms with E-state index in [4.69, 9.17) is 18.3 Å². The Morgan fingerprint density at radius 3 is 2.26 bits per heavy atom. The van der Waals surface area contributed by atoms with E-state index < -0.39 is 44.6 Å². The lowest BCUT2D eigenvalue weighted by molar-refractivity contribution is -0.297. The van der Waals surface area contributed by atoms with E-state index in [1.807, 2.05) is 27.7 Å². The largest absolute Gasteiger partial charge is 0.391 e. The average molecular weight is 512 g/mol. The van der Waals surface area contributed by atoms with Gasteiger partial charge < -0.3 is 28.7 Å². The molecule has 1 aromatic rings. The molecule has 1 aromatic heterocycles. The first-order chi connectivity index (χ1) is 16.2. The molecule has 0 saturated carbocycles. The first kappa shape index (κ1) is 27.9. The molecule has 0 bridgehead atoms. The van der Waals surface area contributed by atoms with Crippen LogP contribution in [0, 0.1) is 11.8 Å². The molecule has 0 aromatic carbocycles. The van der Waals surface area contributed by atoms with Crippen molar-refractivity contribution in [2.45, 2.75) is 104 Å². The van der Waals surface area contributed by atoms with Gasteiger partial charge in [-0.3, -0.25) is 9.36 Å². The number of aliphatic hydroxyl groups is 1. The van der Waals surface area contributed by atoms with E-state index in [0.29, 0.717) is 0 Å². The molecule has 2 fully saturated rings. The van der Waals surface area contributed by atoms with Crippen LogP contribution in [0.2, 0.25) is 11.1 Å². The van der Waals surface area contributed by atoms with Crippen LogP contribution in [0.4, 0.5) is 5.82 Å². The van der Waals surface area contributed by atoms with Crippen LogP contribution in [-0.4, -0.2) is 59.8 Å². The number of nitrogens with zero attached hydrogens (tertiary/aromatic N) is 2. The van der Waals surface area contributed by atoms with Gasteiger partial charge in [-0.2, -0.15) is 4.98 Å². The second kappa shape index (κ2) is 10.4. The lowest BCUT2D eigenvalue weighted by Crippen LogP contribution is -2.64. The van der Waals surface area contributed by atoms with Crippen molar-refractivity contribution in [3.63, 3.8) is 0 Å². The summed E-state index contributed by atoms with van der Waals surface area (Å²) >= 11 is 0. The van der Waals surface area contributed by atoms with Gasteiger partial charge in [0.2, 0.25) is 5.91 Å². The summed E-state index contributed by atoms with van der Waals surface area (Å²) in [4.78, 5) is 27.9. The second-order valence-corrected chi connectivity index (χ2v) is 15.0. The molecule has 3 heterocycles. The molecule has 0 radical (unpaired) electrons. The molecule has 2 saturated heterocycles. The Morgan fingerprint density at radius 1 is 1.17 bits per heavy atom. The van der Waals surface area contributed by atoms with Crippen LogP contribution < -0.4 is 11.0 Å². The molecule has 1 amide bonds. The molecule has 198 valence electrons. The highest BCUT2D eigenvalue weighted by molar-refractivity contribution is 6.70. The summed E-state index contributed by atoms with van der Waals surface area (Å²) < 4.78 is 27.8. The zero-order valence-electron chi connectivity index (χ0n) is 22.3. The van der Waals surface area contributed by atoms with Crippen LogP contribution in [-0.2, 0) is 23.1 Å². The van der Waals surface area contributed by atoms with Crippen molar-refractivity contribution >= 4 is 20.3 Å². The lowest BCUT2D eigenvalue weighted by atomic mass is 9.91. The summed E-state index contributed by atoms with van der Waals surface area (Å²) in [6.45, 7) is 18.2. The maximum absolute atomic E-state index is 12.7. The molecular weight excluding hydrogens is 470 g/mol. The topological polar surface area (TPSA) is 121 Å². The highest BCUT2D eigenvalue weighted by atomic mass is 28.4. The molecule has 4 atom stereocenters. The fraction of sp³-hybridized carbons (Fsp3) is 0.792. The molecular formula is C24H41N3O7Si. The normalized spacial score (nSPS) is 28.3. The van der Waals surface area contributed by atoms with Gasteiger partial charge >= 0.3 is 14.3 Å². The number of anilines is 1. The standard InChI is InChI=1S/C24H41N3O7Si/c1-13(2)24(14(3)4)33-21-18(12-31-35(34-24,15(5)6)16(7)8)32-22(20(21)29)27-11-10-19(25-17(9)28)26-23(27)30/h10-11,13-16,18,20-22,29H,12H2,1-9H3,(H,25,26,28,30)/t18-,20?,21-,22+/m0/s1. The van der Waals surface area contributed by atoms with Gasteiger partial charge in [0, 0.05) is 25.0 Å². The lowest BCUT2D eigenvalue weighted by Gasteiger charge is -2.52. The van der Waals surface area contributed by atoms with Gasteiger partial charge in [0.25, 0.3) is 0 Å². The molecule has 0 spiro atoms. The van der Waals surface area contributed by atoms with E-state index in [2.05, 4.69) is 38.0 Å². The quantitative estimate of drug-likeness (QED) is 0.559. The summed E-state index contributed by atoms with van der Waals surface area (Å²) in [6.07, 6.45) is -2.13. The van der Waals surface area contributed by atoms with Crippen LogP contribution in [0.3, 0.4) is 0 Å². The van der Waals surface area contributed by atoms with Crippen LogP contribution in [0.25, 0.3) is 0 Å². The fourth-order valence-corrected chi connectivity index (χ4v) is 9.20. The Labute approximate surface area is 208 Å². The van der Waals surface area contributed by atoms with E-state index in [1.54, 1.807) is 0 Å². The van der Waals surface area contributed by atoms with Gasteiger partial charge in [0.1, 0.15) is 24.1 Å². The second-order valence-electron chi connectivity index (χ2n) is 10.8. The van der Waals surface area contributed by atoms with Gasteiger partial charge in [-0.05, 0) is 17.1 Å². The molecule has 2 aliphatic rings. The van der Waals surface area contributed by atoms with Gasteiger partial charge in [-0.25, -0.2) is 4.79 Å². The van der Waals surface area contributed by atoms with Crippen LogP contribution >= 0.6 is 0 Å². The number of amides is 1. The number of hydrogen-bond acceptors (Lipinski definition) is 8. The Morgan fingerprint density at radius 2 is 1.77 bits per heavy atom. The molecule has 2 aliphatic heterocycles. The summed E-state index contributed by atoms with van der Waals surface area (Å²) in [5, 5.41) is 13.8. The predicted molar refractivity (Wildman–Crippen MR) is 133 cm³/mol. The number of carbonyl (C=O) groups is 1. The molecule has 2 N–H and O–H groups in total. The number of rotatable bonds is 6. The minimum atomic E-state index is -2.81. The van der Waals surface area contributed by atoms with Crippen molar-refractivity contribution in [1.29, 1.82) is 0 Å². The summed E-state index contributed by atoms with van der Waals surface area (Å²) in [5.41, 5.74) is -0.358. The third-order valence-corrected chi connectivity index (χ3v) is 11.5. The van der Waals surface area contributed by atoms with Crippen molar-refractivity contribution in [3.05, 3.63) is 22.7 Å². The zero-order valence-corrected chi connectivity index (χ0v) is 23.3. The maximum Gasteiger partial charge on any atom is 0.351 e. The number of hydrogen-bond donors (Lipinski definition) is 2. The van der Waals surface area contributed by atoms with Crippen molar-refractivity contribution in [2.75, 3.05) is 11.9 Å². The average Bonchev–Trinajstić information content (AvgIpc) is 3.01. The molecule has 11 heteroatoms. The van der Waals surface area contributed by atoms with Crippen molar-refractivity contribution in [1.82, 2.24) is 9.55 Å². The van der Waals surface area contributed by atoms with E-state index in [1.165, 1.54) is 23.8 Å². The fourth-order valence-electron chi connectivity index (χ4n) is 5.22. The SMILES string of the molecule is CC(=O)Nc1ccn([C@@H]2O[C@H]3CO[Si](C(C)C)(C(C)C)OC(C(C)C)(C(C)C)O[C@@H]3C2O)c(=O)n1. The monoisotopic (exact) mass is 511 g/mol. The van der Waals surface area contributed by atoms with E-state index in [9.17, 15) is 14.7 Å². The molecule has 3 rings (SSSR count). The molecule has 0 aliphatic carbocycles. The molecule has 10 nitrogen and oxygen atoms in total. The van der Waals surface area contributed by atoms with E-state index >= 15 is 0 Å². The number of nitrogens with one attached hydrogen (secondary N) is 1. The number of carbonyl (C=O) groups excluding carboxylic acids is 1. The Hall–Kier alpha value is -1.63. The maximum atomic E-state index is 12.7. The number of aliphatic hydroxyl groups excluding tert-OH is 1. The number of aromatic nitrogens is 2. The van der Waals surface area contributed by atoms with Crippen molar-refractivity contribution in [3.8, 4) is 0 Å². The van der Waals surface area contributed by atoms with Crippen LogP contribution in [0.15, 0.2) is 17.1 Å². The Bertz CT molecular complexity index is 949. The first-order valence-electron chi connectivity index (χ1n) is 12.5. The third-order valence-electron chi connectivity index (χ3n) is 7.05. The van der Waals surface area contributed by atoms with Gasteiger partial charge in [0.05, 0.1) is 6.61 Å². The summed E-state index contributed by atoms with van der Waals surface area (Å²) in [7, 11) is -2.81. The van der Waals surface area contributed by atoms with E-state index in [-0.39, 0.29) is 41.3 Å². The van der Waals surface area contributed by atoms with Crippen LogP contribution in [0.1, 0.15) is 68.5 Å². The predicted octanol–water partition coefficient (Wildman–Crippen LogP) is 3.16. The first-order valence-corrected chi connectivity index (χ1v) is 14.4. The van der Waals surface area contributed by atoms with E-state index in [0.717, 1.165) is 0 Å². The van der Waals surface area contributed by atoms with Gasteiger partial charge in [0.15, 0.2) is 12.0 Å². The summed E-state index contributed by atoms with van der Waals surface area (Å²) in [6, 6.07) is 1.49. The zero-order chi connectivity index (χ0) is 26.3. The van der Waals surface area contributed by atoms with Crippen molar-refractivity contribution in [2.24, 2.45) is 11.8 Å². The molecule has 1 unspecified atom stereocenters. The Kier molecular flexibility index (Phi) is 8.29. The third kappa shape index (κ3) is 5.12. The van der Waals surface area contributed by atoms with Crippen LogP contribution in [0.5, 0.6) is 0 Å². The minimum Gasteiger partial charge on any atom is -0.391 e. The Balaban J connectivity index is 2.03. The smallest absolute Gasteiger partial charge is 0.351 e. The number of fused-ring (bicyclic) bond motifs is 1. The minimum absolute atomic E-state index is 0.0400. The van der Waals surface area contributed by atoms with Crippen molar-refractivity contribution < 1.29 is 28.2 Å². The highest BCUT2D eigenvalue weighted by Crippen LogP contribution is 2.47. The number of ether oxygens (including phenoxy) is 2. The highest BCUT2D eigenvalue weighted by Gasteiger charge is 2.60. The van der Waals surface area contributed by atoms with Gasteiger partial charge in [-0.1, -0.05) is 55.4 Å².